The van der Waals surface area contributed by atoms with E-state index in [1.165, 1.54) is 0 Å². The molecule has 0 aliphatic carbocycles. The molecule has 0 N–H and O–H groups in total. The number of aromatic nitrogens is 1. The van der Waals surface area contributed by atoms with Crippen molar-refractivity contribution in [3.8, 4) is 11.8 Å². The Morgan fingerprint density at radius 2 is 1.93 bits per heavy atom. The van der Waals surface area contributed by atoms with Crippen LogP contribution in [0.3, 0.4) is 0 Å². The minimum absolute atomic E-state index is 0.0714. The van der Waals surface area contributed by atoms with Crippen LogP contribution < -0.4 is 5.56 Å². The smallest absolute Gasteiger partial charge is 0.266 e. The van der Waals surface area contributed by atoms with Gasteiger partial charge in [-0.1, -0.05) is 28.6 Å². The van der Waals surface area contributed by atoms with Gasteiger partial charge in [0.05, 0.1) is 17.1 Å². The molecule has 2 rings (SSSR count). The molecule has 15 heavy (non-hydrogen) atoms. The van der Waals surface area contributed by atoms with Crippen LogP contribution >= 0.6 is 0 Å². The number of hydrogen-bond donors (Lipinski definition) is 0. The van der Waals surface area contributed by atoms with Crippen molar-refractivity contribution in [1.82, 2.24) is 4.79 Å². The van der Waals surface area contributed by atoms with Crippen LogP contribution in [0.4, 0.5) is 4.48 Å². The number of benzene rings is 1. The fourth-order valence-corrected chi connectivity index (χ4v) is 1.50. The van der Waals surface area contributed by atoms with Gasteiger partial charge in [0.25, 0.3) is 5.56 Å². The highest BCUT2D eigenvalue weighted by Gasteiger charge is 2.05. The highest BCUT2D eigenvalue weighted by atomic mass is 19.2. The van der Waals surface area contributed by atoms with Gasteiger partial charge in [0.1, 0.15) is 0 Å². The van der Waals surface area contributed by atoms with E-state index in [-0.39, 0.29) is 4.79 Å². The number of pyridine rings is 1. The maximum atomic E-state index is 13.2. The molecule has 0 bridgehead atoms. The summed E-state index contributed by atoms with van der Waals surface area (Å²) in [5, 5.41) is 1.03. The molecule has 0 spiro atoms. The summed E-state index contributed by atoms with van der Waals surface area (Å²) in [6.07, 6.45) is 1.11. The normalized spacial score (nSPS) is 9.73. The van der Waals surface area contributed by atoms with Gasteiger partial charge in [-0.3, -0.25) is 4.79 Å². The number of hydrogen-bond acceptors (Lipinski definition) is 1. The van der Waals surface area contributed by atoms with Gasteiger partial charge >= 0.3 is 0 Å². The van der Waals surface area contributed by atoms with E-state index in [9.17, 15) is 9.28 Å². The second-order valence-corrected chi connectivity index (χ2v) is 3.08. The molecule has 0 aliphatic heterocycles. The van der Waals surface area contributed by atoms with Gasteiger partial charge in [-0.15, -0.1) is 10.7 Å². The van der Waals surface area contributed by atoms with Crippen molar-refractivity contribution in [3.63, 3.8) is 0 Å². The molecule has 0 atom stereocenters. The van der Waals surface area contributed by atoms with Gasteiger partial charge in [-0.25, -0.2) is 0 Å². The predicted molar refractivity (Wildman–Crippen MR) is 57.3 cm³/mol. The molecule has 74 valence electrons. The number of halogens is 1. The molecule has 0 amide bonds. The molecule has 0 unspecified atom stereocenters. The summed E-state index contributed by atoms with van der Waals surface area (Å²) < 4.78 is 13.2. The highest BCUT2D eigenvalue weighted by Crippen LogP contribution is 2.14. The van der Waals surface area contributed by atoms with E-state index < -0.39 is 5.56 Å². The van der Waals surface area contributed by atoms with Crippen LogP contribution in [0.1, 0.15) is 12.5 Å². The van der Waals surface area contributed by atoms with Gasteiger partial charge in [0.2, 0.25) is 0 Å². The minimum Gasteiger partial charge on any atom is -0.266 e. The Morgan fingerprint density at radius 3 is 2.60 bits per heavy atom. The van der Waals surface area contributed by atoms with E-state index in [0.717, 1.165) is 6.20 Å². The molecule has 0 aliphatic rings. The average Bonchev–Trinajstić information content (AvgIpc) is 2.26. The maximum Gasteiger partial charge on any atom is 0.286 e. The summed E-state index contributed by atoms with van der Waals surface area (Å²) in [6.45, 7) is 1.67. The second kappa shape index (κ2) is 3.58. The van der Waals surface area contributed by atoms with Crippen molar-refractivity contribution < 1.29 is 4.48 Å². The fourth-order valence-electron chi connectivity index (χ4n) is 1.50. The SMILES string of the molecule is CC#Cc1cn(F)c(=O)c2ccccc12. The lowest BCUT2D eigenvalue weighted by Gasteiger charge is -2.00. The van der Waals surface area contributed by atoms with Crippen LogP contribution in [0.25, 0.3) is 10.8 Å². The number of rotatable bonds is 0. The Hall–Kier alpha value is -2.08. The van der Waals surface area contributed by atoms with Crippen LogP contribution in [0.5, 0.6) is 0 Å². The van der Waals surface area contributed by atoms with E-state index >= 15 is 0 Å². The Bertz CT molecular complexity index is 631. The third-order valence-corrected chi connectivity index (χ3v) is 2.14. The van der Waals surface area contributed by atoms with Crippen molar-refractivity contribution in [1.29, 1.82) is 0 Å². The highest BCUT2D eigenvalue weighted by molar-refractivity contribution is 5.87. The topological polar surface area (TPSA) is 22.0 Å². The average molecular weight is 201 g/mol. The van der Waals surface area contributed by atoms with Gasteiger partial charge < -0.3 is 0 Å². The summed E-state index contributed by atoms with van der Waals surface area (Å²) in [4.78, 5) is 11.5. The Kier molecular flexibility index (Phi) is 2.26. The summed E-state index contributed by atoms with van der Waals surface area (Å²) in [7, 11) is 0. The van der Waals surface area contributed by atoms with Crippen LogP contribution in [0.2, 0.25) is 0 Å². The number of fused-ring (bicyclic) bond motifs is 1. The monoisotopic (exact) mass is 201 g/mol. The van der Waals surface area contributed by atoms with E-state index in [1.807, 2.05) is 0 Å². The molecular weight excluding hydrogens is 193 g/mol. The van der Waals surface area contributed by atoms with E-state index in [4.69, 9.17) is 0 Å². The second-order valence-electron chi connectivity index (χ2n) is 3.08. The first-order valence-electron chi connectivity index (χ1n) is 4.47. The lowest BCUT2D eigenvalue weighted by Crippen LogP contribution is -2.13. The molecule has 0 fully saturated rings. The lowest BCUT2D eigenvalue weighted by atomic mass is 10.1. The number of nitrogens with zero attached hydrogens (tertiary/aromatic N) is 1. The minimum atomic E-state index is -0.646. The third kappa shape index (κ3) is 1.50. The predicted octanol–water partition coefficient (Wildman–Crippen LogP) is 2.11. The standard InChI is InChI=1S/C12H8FNO/c1-2-5-9-8-14(13)12(15)11-7-4-3-6-10(9)11/h3-4,6-8H,1H3. The Morgan fingerprint density at radius 1 is 1.27 bits per heavy atom. The molecule has 1 aromatic heterocycles. The summed E-state index contributed by atoms with van der Waals surface area (Å²) in [6, 6.07) is 6.85. The molecule has 2 nitrogen and oxygen atoms in total. The van der Waals surface area contributed by atoms with Crippen LogP contribution in [-0.2, 0) is 0 Å². The molecule has 2 aromatic rings. The molecule has 0 radical (unpaired) electrons. The zero-order chi connectivity index (χ0) is 10.8. The first-order valence-corrected chi connectivity index (χ1v) is 4.47. The van der Waals surface area contributed by atoms with Crippen molar-refractivity contribution in [2.24, 2.45) is 0 Å². The fraction of sp³-hybridized carbons (Fsp3) is 0.0833. The van der Waals surface area contributed by atoms with Gasteiger partial charge in [-0.05, 0) is 13.0 Å². The Labute approximate surface area is 85.9 Å². The van der Waals surface area contributed by atoms with Crippen molar-refractivity contribution in [2.45, 2.75) is 6.92 Å². The molecule has 1 aromatic carbocycles. The van der Waals surface area contributed by atoms with Crippen molar-refractivity contribution >= 4 is 10.8 Å². The zero-order valence-corrected chi connectivity index (χ0v) is 8.12. The van der Waals surface area contributed by atoms with Crippen LogP contribution in [0.15, 0.2) is 35.3 Å². The van der Waals surface area contributed by atoms with E-state index in [2.05, 4.69) is 11.8 Å². The Balaban J connectivity index is 2.99. The molecular formula is C12H8FNO. The molecule has 1 heterocycles. The van der Waals surface area contributed by atoms with Gasteiger partial charge in [0, 0.05) is 5.39 Å². The third-order valence-electron chi connectivity index (χ3n) is 2.14. The van der Waals surface area contributed by atoms with Crippen molar-refractivity contribution in [2.75, 3.05) is 0 Å². The summed E-state index contributed by atoms with van der Waals surface area (Å²) in [5.41, 5.74) is -0.123. The van der Waals surface area contributed by atoms with Crippen LogP contribution in [-0.4, -0.2) is 4.79 Å². The first kappa shape index (κ1) is 9.47. The molecule has 0 saturated heterocycles. The quantitative estimate of drug-likeness (QED) is 0.598. The van der Waals surface area contributed by atoms with E-state index in [1.54, 1.807) is 31.2 Å². The zero-order valence-electron chi connectivity index (χ0n) is 8.12. The lowest BCUT2D eigenvalue weighted by molar-refractivity contribution is 0.355. The van der Waals surface area contributed by atoms with E-state index in [0.29, 0.717) is 16.3 Å². The molecule has 0 saturated carbocycles. The van der Waals surface area contributed by atoms with Crippen molar-refractivity contribution in [3.05, 3.63) is 46.4 Å². The largest absolute Gasteiger partial charge is 0.286 e. The summed E-state index contributed by atoms with van der Waals surface area (Å²) in [5.74, 6) is 5.46. The van der Waals surface area contributed by atoms with Gasteiger partial charge in [-0.2, -0.15) is 0 Å². The van der Waals surface area contributed by atoms with Crippen LogP contribution in [0, 0.1) is 11.8 Å². The molecule has 3 heteroatoms. The summed E-state index contributed by atoms with van der Waals surface area (Å²) >= 11 is 0. The van der Waals surface area contributed by atoms with Gasteiger partial charge in [0.15, 0.2) is 0 Å². The maximum absolute atomic E-state index is 13.2. The first-order chi connectivity index (χ1) is 7.24.